The van der Waals surface area contributed by atoms with Crippen molar-refractivity contribution in [1.29, 1.82) is 0 Å². The Labute approximate surface area is 252 Å². The molecule has 0 aliphatic rings. The highest BCUT2D eigenvalue weighted by molar-refractivity contribution is 7.92. The molecule has 0 aromatic heterocycles. The van der Waals surface area contributed by atoms with E-state index in [1.165, 1.54) is 10.6 Å². The Balaban J connectivity index is 1.91. The summed E-state index contributed by atoms with van der Waals surface area (Å²) in [5.74, 6) is -0.380. The maximum absolute atomic E-state index is 14.0. The Morgan fingerprint density at radius 2 is 1.55 bits per heavy atom. The van der Waals surface area contributed by atoms with Crippen molar-refractivity contribution in [2.24, 2.45) is 0 Å². The Morgan fingerprint density at radius 3 is 2.17 bits per heavy atom. The fourth-order valence-corrected chi connectivity index (χ4v) is 5.81. The van der Waals surface area contributed by atoms with Gasteiger partial charge in [0.05, 0.1) is 11.9 Å². The van der Waals surface area contributed by atoms with Crippen LogP contribution in [0.25, 0.3) is 0 Å². The molecule has 0 aliphatic heterocycles. The third-order valence-corrected chi connectivity index (χ3v) is 9.00. The molecule has 0 fully saturated rings. The molecular formula is C34H45N3O4S. The van der Waals surface area contributed by atoms with E-state index in [9.17, 15) is 18.0 Å². The van der Waals surface area contributed by atoms with Crippen molar-refractivity contribution in [2.45, 2.75) is 78.9 Å². The summed E-state index contributed by atoms with van der Waals surface area (Å²) in [6.45, 7) is 10.3. The maximum Gasteiger partial charge on any atom is 0.243 e. The van der Waals surface area contributed by atoms with Crippen molar-refractivity contribution in [2.75, 3.05) is 17.1 Å². The van der Waals surface area contributed by atoms with Gasteiger partial charge in [-0.05, 0) is 80.5 Å². The lowest BCUT2D eigenvalue weighted by atomic mass is 10.0. The molecule has 0 unspecified atom stereocenters. The van der Waals surface area contributed by atoms with Crippen LogP contribution in [0.1, 0.15) is 60.9 Å². The molecule has 3 aromatic rings. The number of sulfonamides is 1. The highest BCUT2D eigenvalue weighted by atomic mass is 32.2. The van der Waals surface area contributed by atoms with Crippen LogP contribution in [0, 0.1) is 20.8 Å². The van der Waals surface area contributed by atoms with Crippen LogP contribution < -0.4 is 9.62 Å². The van der Waals surface area contributed by atoms with Gasteiger partial charge in [-0.2, -0.15) is 0 Å². The molecule has 2 atom stereocenters. The standard InChI is InChI=1S/C34H45N3O4S/c1-7-28(5)35-34(39)32(23-29-15-9-8-10-16-29)36(24-30-17-12-11-14-26(30)3)33(38)18-13-21-37(42(6,40)41)31-20-19-25(2)27(4)22-31/h8-12,14-17,19-20,22,28,32H,7,13,18,21,23-24H2,1-6H3,(H,35,39)/t28-,32+/m0/s1. The van der Waals surface area contributed by atoms with Gasteiger partial charge in [-0.15, -0.1) is 0 Å². The first kappa shape index (κ1) is 32.9. The maximum atomic E-state index is 14.0. The number of carbonyl (C=O) groups is 2. The van der Waals surface area contributed by atoms with E-state index in [1.807, 2.05) is 101 Å². The summed E-state index contributed by atoms with van der Waals surface area (Å²) in [7, 11) is -3.56. The van der Waals surface area contributed by atoms with Gasteiger partial charge in [0.1, 0.15) is 6.04 Å². The molecule has 0 bridgehead atoms. The molecule has 1 N–H and O–H groups in total. The highest BCUT2D eigenvalue weighted by Crippen LogP contribution is 2.23. The number of hydrogen-bond acceptors (Lipinski definition) is 4. The van der Waals surface area contributed by atoms with Crippen LogP contribution in [-0.4, -0.2) is 50.0 Å². The molecule has 0 saturated carbocycles. The SMILES string of the molecule is CC[C@H](C)NC(=O)[C@@H](Cc1ccccc1)N(Cc1ccccc1C)C(=O)CCCN(c1ccc(C)c(C)c1)S(C)(=O)=O. The zero-order valence-electron chi connectivity index (χ0n) is 25.8. The second kappa shape index (κ2) is 15.0. The molecule has 226 valence electrons. The monoisotopic (exact) mass is 591 g/mol. The lowest BCUT2D eigenvalue weighted by Crippen LogP contribution is -2.52. The minimum Gasteiger partial charge on any atom is -0.352 e. The molecule has 0 saturated heterocycles. The summed E-state index contributed by atoms with van der Waals surface area (Å²) in [6, 6.07) is 22.4. The second-order valence-electron chi connectivity index (χ2n) is 11.2. The number of aryl methyl sites for hydroxylation is 3. The predicted molar refractivity (Wildman–Crippen MR) is 171 cm³/mol. The van der Waals surface area contributed by atoms with E-state index >= 15 is 0 Å². The van der Waals surface area contributed by atoms with E-state index in [0.29, 0.717) is 18.5 Å². The van der Waals surface area contributed by atoms with E-state index in [2.05, 4.69) is 5.32 Å². The minimum absolute atomic E-state index is 0.0347. The first-order valence-corrected chi connectivity index (χ1v) is 16.5. The quantitative estimate of drug-likeness (QED) is 0.260. The van der Waals surface area contributed by atoms with E-state index < -0.39 is 16.1 Å². The number of nitrogens with zero attached hydrogens (tertiary/aromatic N) is 2. The average Bonchev–Trinajstić information content (AvgIpc) is 2.95. The van der Waals surface area contributed by atoms with Gasteiger partial charge in [-0.1, -0.05) is 67.6 Å². The molecule has 7 nitrogen and oxygen atoms in total. The first-order valence-electron chi connectivity index (χ1n) is 14.6. The van der Waals surface area contributed by atoms with Crippen molar-refractivity contribution in [1.82, 2.24) is 10.2 Å². The molecular weight excluding hydrogens is 546 g/mol. The fraction of sp³-hybridized carbons (Fsp3) is 0.412. The summed E-state index contributed by atoms with van der Waals surface area (Å²) in [4.78, 5) is 29.4. The molecule has 3 rings (SSSR count). The van der Waals surface area contributed by atoms with Crippen molar-refractivity contribution < 1.29 is 18.0 Å². The highest BCUT2D eigenvalue weighted by Gasteiger charge is 2.31. The number of amides is 2. The molecule has 3 aromatic carbocycles. The second-order valence-corrected chi connectivity index (χ2v) is 13.1. The topological polar surface area (TPSA) is 86.8 Å². The largest absolute Gasteiger partial charge is 0.352 e. The number of rotatable bonds is 14. The van der Waals surface area contributed by atoms with Gasteiger partial charge in [-0.25, -0.2) is 8.42 Å². The average molecular weight is 592 g/mol. The summed E-state index contributed by atoms with van der Waals surface area (Å²) in [5, 5.41) is 3.09. The van der Waals surface area contributed by atoms with Crippen molar-refractivity contribution in [3.63, 3.8) is 0 Å². The predicted octanol–water partition coefficient (Wildman–Crippen LogP) is 5.71. The first-order chi connectivity index (χ1) is 19.9. The third-order valence-electron chi connectivity index (χ3n) is 7.80. The zero-order valence-corrected chi connectivity index (χ0v) is 26.6. The van der Waals surface area contributed by atoms with E-state index in [-0.39, 0.29) is 37.4 Å². The summed E-state index contributed by atoms with van der Waals surface area (Å²) >= 11 is 0. The van der Waals surface area contributed by atoms with Gasteiger partial charge in [0, 0.05) is 32.0 Å². The summed E-state index contributed by atoms with van der Waals surface area (Å²) in [6.07, 6.45) is 2.75. The molecule has 2 amide bonds. The molecule has 0 radical (unpaired) electrons. The van der Waals surface area contributed by atoms with Crippen LogP contribution >= 0.6 is 0 Å². The number of hydrogen-bond donors (Lipinski definition) is 1. The number of anilines is 1. The van der Waals surface area contributed by atoms with Crippen LogP contribution in [0.15, 0.2) is 72.8 Å². The minimum atomic E-state index is -3.56. The van der Waals surface area contributed by atoms with Crippen LogP contribution in [0.2, 0.25) is 0 Å². The van der Waals surface area contributed by atoms with E-state index in [0.717, 1.165) is 34.2 Å². The number of carbonyl (C=O) groups excluding carboxylic acids is 2. The lowest BCUT2D eigenvalue weighted by Gasteiger charge is -2.33. The third kappa shape index (κ3) is 9.18. The van der Waals surface area contributed by atoms with E-state index in [1.54, 1.807) is 11.0 Å². The van der Waals surface area contributed by atoms with Crippen LogP contribution in [0.3, 0.4) is 0 Å². The van der Waals surface area contributed by atoms with Crippen LogP contribution in [0.4, 0.5) is 5.69 Å². The Bertz CT molecular complexity index is 1460. The van der Waals surface area contributed by atoms with Crippen molar-refractivity contribution in [3.8, 4) is 0 Å². The van der Waals surface area contributed by atoms with Crippen molar-refractivity contribution in [3.05, 3.63) is 101 Å². The smallest absolute Gasteiger partial charge is 0.243 e. The molecule has 0 spiro atoms. The normalized spacial score (nSPS) is 12.8. The van der Waals surface area contributed by atoms with Crippen LogP contribution in [0.5, 0.6) is 0 Å². The Morgan fingerprint density at radius 1 is 0.881 bits per heavy atom. The van der Waals surface area contributed by atoms with Crippen LogP contribution in [-0.2, 0) is 32.6 Å². The molecule has 8 heteroatoms. The van der Waals surface area contributed by atoms with E-state index in [4.69, 9.17) is 0 Å². The van der Waals surface area contributed by atoms with Gasteiger partial charge in [0.25, 0.3) is 0 Å². The molecule has 42 heavy (non-hydrogen) atoms. The van der Waals surface area contributed by atoms with Crippen molar-refractivity contribution >= 4 is 27.5 Å². The van der Waals surface area contributed by atoms with Gasteiger partial charge in [-0.3, -0.25) is 13.9 Å². The van der Waals surface area contributed by atoms with Gasteiger partial charge in [0.15, 0.2) is 0 Å². The molecule has 0 heterocycles. The Hall–Kier alpha value is -3.65. The Kier molecular flexibility index (Phi) is 11.7. The number of nitrogens with one attached hydrogen (secondary N) is 1. The lowest BCUT2D eigenvalue weighted by molar-refractivity contribution is -0.141. The van der Waals surface area contributed by atoms with Gasteiger partial charge >= 0.3 is 0 Å². The molecule has 0 aliphatic carbocycles. The summed E-state index contributed by atoms with van der Waals surface area (Å²) in [5.41, 5.74) is 5.62. The number of benzene rings is 3. The summed E-state index contributed by atoms with van der Waals surface area (Å²) < 4.78 is 26.8. The fourth-order valence-electron chi connectivity index (χ4n) is 4.85. The van der Waals surface area contributed by atoms with Gasteiger partial charge < -0.3 is 10.2 Å². The van der Waals surface area contributed by atoms with Gasteiger partial charge in [0.2, 0.25) is 21.8 Å². The zero-order chi connectivity index (χ0) is 30.9.